The van der Waals surface area contributed by atoms with E-state index in [-0.39, 0.29) is 10.8 Å². The predicted molar refractivity (Wildman–Crippen MR) is 138 cm³/mol. The van der Waals surface area contributed by atoms with Crippen LogP contribution in [0.25, 0.3) is 21.5 Å². The summed E-state index contributed by atoms with van der Waals surface area (Å²) in [6, 6.07) is 14.8. The highest BCUT2D eigenvalue weighted by Gasteiger charge is 2.37. The second kappa shape index (κ2) is 8.72. The van der Waals surface area contributed by atoms with Crippen LogP contribution in [0.2, 0.25) is 0 Å². The van der Waals surface area contributed by atoms with Crippen molar-refractivity contribution >= 4 is 33.5 Å². The van der Waals surface area contributed by atoms with Crippen LogP contribution in [0.5, 0.6) is 5.75 Å². The highest BCUT2D eigenvalue weighted by Crippen LogP contribution is 2.40. The molecule has 1 aliphatic rings. The Labute approximate surface area is 202 Å². The fraction of sp³-hybridized carbons (Fsp3) is 0.467. The first kappa shape index (κ1) is 24.3. The van der Waals surface area contributed by atoms with Gasteiger partial charge in [-0.25, -0.2) is 0 Å². The maximum Gasteiger partial charge on any atom is 0.315 e. The lowest BCUT2D eigenvalue weighted by atomic mass is 9.79. The Morgan fingerprint density at radius 2 is 1.35 bits per heavy atom. The molecule has 1 saturated carbocycles. The normalized spacial score (nSPS) is 19.4. The van der Waals surface area contributed by atoms with Gasteiger partial charge in [0.05, 0.1) is 11.8 Å². The van der Waals surface area contributed by atoms with Crippen molar-refractivity contribution in [1.29, 1.82) is 0 Å². The third-order valence-corrected chi connectivity index (χ3v) is 7.23. The Hall–Kier alpha value is -2.88. The van der Waals surface area contributed by atoms with Crippen LogP contribution in [0.15, 0.2) is 42.5 Å². The fourth-order valence-electron chi connectivity index (χ4n) is 5.01. The van der Waals surface area contributed by atoms with E-state index in [2.05, 4.69) is 77.9 Å². The molecular weight excluding hydrogens is 424 g/mol. The van der Waals surface area contributed by atoms with Gasteiger partial charge >= 0.3 is 11.9 Å². The predicted octanol–water partition coefficient (Wildman–Crippen LogP) is 7.38. The summed E-state index contributed by atoms with van der Waals surface area (Å²) < 4.78 is 6.15. The summed E-state index contributed by atoms with van der Waals surface area (Å²) in [5, 5.41) is 13.5. The molecular formula is C30H36O4. The molecule has 0 spiro atoms. The summed E-state index contributed by atoms with van der Waals surface area (Å²) >= 11 is 0. The van der Waals surface area contributed by atoms with Crippen molar-refractivity contribution in [2.45, 2.75) is 78.1 Å². The molecule has 0 heterocycles. The number of benzene rings is 3. The largest absolute Gasteiger partial charge is 0.481 e. The fourth-order valence-corrected chi connectivity index (χ4v) is 5.01. The van der Waals surface area contributed by atoms with Gasteiger partial charge in [0, 0.05) is 10.8 Å². The summed E-state index contributed by atoms with van der Waals surface area (Å²) in [6.07, 6.45) is 2.76. The molecule has 4 rings (SSSR count). The molecule has 3 aromatic carbocycles. The molecule has 1 fully saturated rings. The van der Waals surface area contributed by atoms with Gasteiger partial charge < -0.3 is 9.84 Å². The standard InChI is InChI=1S/C30H36O4/c1-29(2,3)20-13-14-22-19(16-20)15-18-11-12-21(30(4,5)6)17-25(18)26(22)34-28(33)24-10-8-7-9-23(24)27(31)32/h11-17,23-24H,7-10H2,1-6H3,(H,31,32). The minimum atomic E-state index is -0.908. The van der Waals surface area contributed by atoms with E-state index in [0.717, 1.165) is 39.9 Å². The topological polar surface area (TPSA) is 63.6 Å². The first-order chi connectivity index (χ1) is 15.9. The number of hydrogen-bond acceptors (Lipinski definition) is 3. The van der Waals surface area contributed by atoms with Crippen molar-refractivity contribution in [3.05, 3.63) is 53.6 Å². The average molecular weight is 461 g/mol. The molecule has 0 aromatic heterocycles. The molecule has 0 bridgehead atoms. The minimum Gasteiger partial charge on any atom is -0.481 e. The van der Waals surface area contributed by atoms with Crippen LogP contribution < -0.4 is 4.74 Å². The zero-order valence-corrected chi connectivity index (χ0v) is 21.2. The Bertz CT molecular complexity index is 1260. The Morgan fingerprint density at radius 3 is 1.97 bits per heavy atom. The third kappa shape index (κ3) is 4.68. The molecule has 2 unspecified atom stereocenters. The van der Waals surface area contributed by atoms with Gasteiger partial charge in [0.15, 0.2) is 0 Å². The lowest BCUT2D eigenvalue weighted by Gasteiger charge is -2.27. The van der Waals surface area contributed by atoms with Crippen molar-refractivity contribution in [1.82, 2.24) is 0 Å². The van der Waals surface area contributed by atoms with E-state index in [1.165, 1.54) is 5.56 Å². The molecule has 34 heavy (non-hydrogen) atoms. The van der Waals surface area contributed by atoms with Crippen LogP contribution in [0.3, 0.4) is 0 Å². The number of carboxylic acids is 1. The number of fused-ring (bicyclic) bond motifs is 2. The van der Waals surface area contributed by atoms with Crippen molar-refractivity contribution in [3.63, 3.8) is 0 Å². The molecule has 3 aromatic rings. The van der Waals surface area contributed by atoms with E-state index < -0.39 is 23.8 Å². The third-order valence-electron chi connectivity index (χ3n) is 7.23. The molecule has 4 nitrogen and oxygen atoms in total. The number of rotatable bonds is 3. The minimum absolute atomic E-state index is 0.00706. The number of carbonyl (C=O) groups is 2. The number of hydrogen-bond donors (Lipinski definition) is 1. The Kier molecular flexibility index (Phi) is 6.22. The van der Waals surface area contributed by atoms with Gasteiger partial charge in [-0.2, -0.15) is 0 Å². The van der Waals surface area contributed by atoms with Crippen LogP contribution in [0, 0.1) is 11.8 Å². The molecule has 1 aliphatic carbocycles. The number of carboxylic acid groups (broad SMARTS) is 1. The van der Waals surface area contributed by atoms with Gasteiger partial charge in [-0.1, -0.05) is 84.7 Å². The van der Waals surface area contributed by atoms with Crippen molar-refractivity contribution in [3.8, 4) is 5.75 Å². The van der Waals surface area contributed by atoms with Crippen LogP contribution in [-0.2, 0) is 20.4 Å². The number of esters is 1. The van der Waals surface area contributed by atoms with Gasteiger partial charge in [-0.3, -0.25) is 9.59 Å². The van der Waals surface area contributed by atoms with Crippen LogP contribution in [-0.4, -0.2) is 17.0 Å². The molecule has 4 heteroatoms. The average Bonchev–Trinajstić information content (AvgIpc) is 2.76. The summed E-state index contributed by atoms with van der Waals surface area (Å²) in [5.74, 6) is -2.09. The smallest absolute Gasteiger partial charge is 0.315 e. The Morgan fingerprint density at radius 1 is 0.765 bits per heavy atom. The van der Waals surface area contributed by atoms with Crippen molar-refractivity contribution in [2.75, 3.05) is 0 Å². The van der Waals surface area contributed by atoms with E-state index in [9.17, 15) is 14.7 Å². The van der Waals surface area contributed by atoms with Gasteiger partial charge in [0.1, 0.15) is 5.75 Å². The monoisotopic (exact) mass is 460 g/mol. The summed E-state index contributed by atoms with van der Waals surface area (Å²) in [6.45, 7) is 13.0. The van der Waals surface area contributed by atoms with Gasteiger partial charge in [-0.05, 0) is 57.7 Å². The molecule has 0 aliphatic heterocycles. The van der Waals surface area contributed by atoms with Crippen molar-refractivity contribution in [2.24, 2.45) is 11.8 Å². The molecule has 0 amide bonds. The molecule has 0 radical (unpaired) electrons. The van der Waals surface area contributed by atoms with Gasteiger partial charge in [-0.15, -0.1) is 0 Å². The SMILES string of the molecule is CC(C)(C)c1ccc2c(OC(=O)C3CCCCC3C(=O)O)c3cc(C(C)(C)C)ccc3cc2c1. The van der Waals surface area contributed by atoms with Gasteiger partial charge in [0.25, 0.3) is 0 Å². The lowest BCUT2D eigenvalue weighted by molar-refractivity contribution is -0.153. The van der Waals surface area contributed by atoms with Crippen LogP contribution in [0.1, 0.15) is 78.4 Å². The maximum absolute atomic E-state index is 13.4. The molecule has 0 saturated heterocycles. The molecule has 180 valence electrons. The first-order valence-electron chi connectivity index (χ1n) is 12.3. The summed E-state index contributed by atoms with van der Waals surface area (Å²) in [4.78, 5) is 25.2. The van der Waals surface area contributed by atoms with Crippen LogP contribution in [0.4, 0.5) is 0 Å². The van der Waals surface area contributed by atoms with E-state index in [1.54, 1.807) is 0 Å². The summed E-state index contributed by atoms with van der Waals surface area (Å²) in [5.41, 5.74) is 2.30. The Balaban J connectivity index is 1.89. The highest BCUT2D eigenvalue weighted by atomic mass is 16.5. The van der Waals surface area contributed by atoms with E-state index >= 15 is 0 Å². The molecule has 1 N–H and O–H groups in total. The summed E-state index contributed by atoms with van der Waals surface area (Å²) in [7, 11) is 0. The number of carbonyl (C=O) groups excluding carboxylic acids is 1. The van der Waals surface area contributed by atoms with Crippen LogP contribution >= 0.6 is 0 Å². The number of aliphatic carboxylic acids is 1. The van der Waals surface area contributed by atoms with E-state index in [1.807, 2.05) is 6.07 Å². The van der Waals surface area contributed by atoms with Gasteiger partial charge in [0.2, 0.25) is 0 Å². The second-order valence-electron chi connectivity index (χ2n) is 11.8. The zero-order chi connectivity index (χ0) is 24.8. The quantitative estimate of drug-likeness (QED) is 0.251. The second-order valence-corrected chi connectivity index (χ2v) is 11.8. The lowest BCUT2D eigenvalue weighted by Crippen LogP contribution is -2.35. The molecule has 2 atom stereocenters. The van der Waals surface area contributed by atoms with Crippen molar-refractivity contribution < 1.29 is 19.4 Å². The number of ether oxygens (including phenoxy) is 1. The van der Waals surface area contributed by atoms with E-state index in [0.29, 0.717) is 18.6 Å². The highest BCUT2D eigenvalue weighted by molar-refractivity contribution is 6.07. The van der Waals surface area contributed by atoms with E-state index in [4.69, 9.17) is 4.74 Å². The maximum atomic E-state index is 13.4. The first-order valence-corrected chi connectivity index (χ1v) is 12.3. The zero-order valence-electron chi connectivity index (χ0n) is 21.2.